The highest BCUT2D eigenvalue weighted by molar-refractivity contribution is 7.99. The molecule has 0 aliphatic heterocycles. The Kier molecular flexibility index (Phi) is 6.44. The minimum atomic E-state index is 0.506. The van der Waals surface area contributed by atoms with E-state index in [-0.39, 0.29) is 0 Å². The van der Waals surface area contributed by atoms with Crippen molar-refractivity contribution in [2.24, 2.45) is 0 Å². The molecule has 1 aromatic carbocycles. The van der Waals surface area contributed by atoms with Crippen LogP contribution in [0.4, 0.5) is 0 Å². The average molecular weight is 292 g/mol. The molecule has 2 heteroatoms. The molecule has 20 heavy (non-hydrogen) atoms. The fourth-order valence-electron chi connectivity index (χ4n) is 3.12. The van der Waals surface area contributed by atoms with Gasteiger partial charge in [0.2, 0.25) is 0 Å². The van der Waals surface area contributed by atoms with Crippen LogP contribution in [0, 0.1) is 13.8 Å². The van der Waals surface area contributed by atoms with Gasteiger partial charge in [-0.3, -0.25) is 0 Å². The van der Waals surface area contributed by atoms with Crippen LogP contribution in [-0.2, 0) is 0 Å². The summed E-state index contributed by atoms with van der Waals surface area (Å²) in [5.74, 6) is 1.21. The summed E-state index contributed by atoms with van der Waals surface area (Å²) in [5, 5.41) is 4.58. The lowest BCUT2D eigenvalue weighted by Crippen LogP contribution is -2.25. The van der Waals surface area contributed by atoms with Crippen molar-refractivity contribution < 1.29 is 0 Å². The van der Waals surface area contributed by atoms with Crippen LogP contribution in [0.2, 0.25) is 0 Å². The molecule has 0 spiro atoms. The summed E-state index contributed by atoms with van der Waals surface area (Å²) < 4.78 is 0. The Morgan fingerprint density at radius 1 is 1.20 bits per heavy atom. The minimum absolute atomic E-state index is 0.506. The molecule has 1 aromatic rings. The van der Waals surface area contributed by atoms with Gasteiger partial charge >= 0.3 is 0 Å². The molecule has 0 bridgehead atoms. The first-order valence-electron chi connectivity index (χ1n) is 8.13. The molecule has 1 N–H and O–H groups in total. The van der Waals surface area contributed by atoms with E-state index in [1.165, 1.54) is 54.5 Å². The quantitative estimate of drug-likeness (QED) is 0.790. The van der Waals surface area contributed by atoms with Crippen molar-refractivity contribution in [1.82, 2.24) is 5.32 Å². The number of thioether (sulfide) groups is 1. The number of nitrogens with one attached hydrogen (secondary N) is 1. The first kappa shape index (κ1) is 15.9. The topological polar surface area (TPSA) is 12.0 Å². The molecule has 112 valence electrons. The molecule has 1 aliphatic carbocycles. The van der Waals surface area contributed by atoms with Crippen molar-refractivity contribution in [2.45, 2.75) is 64.2 Å². The van der Waals surface area contributed by atoms with Crippen LogP contribution in [0.3, 0.4) is 0 Å². The van der Waals surface area contributed by atoms with Crippen LogP contribution >= 0.6 is 11.8 Å². The lowest BCUT2D eigenvalue weighted by atomic mass is 9.98. The van der Waals surface area contributed by atoms with Crippen molar-refractivity contribution in [3.8, 4) is 0 Å². The molecule has 1 nitrogen and oxygen atoms in total. The van der Waals surface area contributed by atoms with E-state index >= 15 is 0 Å². The van der Waals surface area contributed by atoms with Crippen LogP contribution < -0.4 is 5.32 Å². The molecule has 1 aliphatic rings. The fourth-order valence-corrected chi connectivity index (χ4v) is 4.55. The summed E-state index contributed by atoms with van der Waals surface area (Å²) in [6.07, 6.45) is 7.18. The Bertz CT molecular complexity index is 410. The fraction of sp³-hybridized carbons (Fsp3) is 0.667. The SMILES string of the molecule is CCNC(CSC1CCCCC1)c1cccc(C)c1C. The van der Waals surface area contributed by atoms with Crippen LogP contribution in [0.5, 0.6) is 0 Å². The van der Waals surface area contributed by atoms with Gasteiger partial charge in [-0.2, -0.15) is 11.8 Å². The number of aryl methyl sites for hydroxylation is 1. The van der Waals surface area contributed by atoms with Gasteiger partial charge in [-0.1, -0.05) is 44.4 Å². The van der Waals surface area contributed by atoms with Gasteiger partial charge in [-0.25, -0.2) is 0 Å². The summed E-state index contributed by atoms with van der Waals surface area (Å²) in [6, 6.07) is 7.23. The molecule has 1 fully saturated rings. The monoisotopic (exact) mass is 291 g/mol. The molecule has 0 amide bonds. The number of hydrogen-bond donors (Lipinski definition) is 1. The van der Waals surface area contributed by atoms with Crippen molar-refractivity contribution >= 4 is 11.8 Å². The molecular weight excluding hydrogens is 262 g/mol. The van der Waals surface area contributed by atoms with E-state index in [2.05, 4.69) is 56.0 Å². The molecule has 0 aromatic heterocycles. The third-order valence-corrected chi connectivity index (χ3v) is 5.99. The molecule has 0 saturated heterocycles. The lowest BCUT2D eigenvalue weighted by Gasteiger charge is -2.26. The van der Waals surface area contributed by atoms with Crippen LogP contribution in [-0.4, -0.2) is 17.5 Å². The lowest BCUT2D eigenvalue weighted by molar-refractivity contribution is 0.514. The molecular formula is C18H29NS. The smallest absolute Gasteiger partial charge is 0.0414 e. The molecule has 1 atom stereocenters. The minimum Gasteiger partial charge on any atom is -0.310 e. The second kappa shape index (κ2) is 8.09. The molecule has 1 unspecified atom stereocenters. The number of hydrogen-bond acceptors (Lipinski definition) is 2. The first-order valence-corrected chi connectivity index (χ1v) is 9.18. The molecule has 0 radical (unpaired) electrons. The standard InChI is InChI=1S/C18H29NS/c1-4-19-18(13-20-16-10-6-5-7-11-16)17-12-8-9-14(2)15(17)3/h8-9,12,16,18-19H,4-7,10-11,13H2,1-3H3. The highest BCUT2D eigenvalue weighted by Gasteiger charge is 2.18. The molecule has 1 saturated carbocycles. The molecule has 0 heterocycles. The summed E-state index contributed by atoms with van der Waals surface area (Å²) in [5.41, 5.74) is 4.37. The van der Waals surface area contributed by atoms with E-state index in [0.29, 0.717) is 6.04 Å². The van der Waals surface area contributed by atoms with Gasteiger partial charge in [0.15, 0.2) is 0 Å². The van der Waals surface area contributed by atoms with Crippen LogP contribution in [0.15, 0.2) is 18.2 Å². The predicted octanol–water partition coefficient (Wildman–Crippen LogP) is 5.02. The van der Waals surface area contributed by atoms with E-state index in [0.717, 1.165) is 11.8 Å². The van der Waals surface area contributed by atoms with Gasteiger partial charge < -0.3 is 5.32 Å². The van der Waals surface area contributed by atoms with E-state index < -0.39 is 0 Å². The Morgan fingerprint density at radius 3 is 2.65 bits per heavy atom. The van der Waals surface area contributed by atoms with Crippen molar-refractivity contribution in [3.05, 3.63) is 34.9 Å². The number of rotatable bonds is 6. The van der Waals surface area contributed by atoms with Crippen molar-refractivity contribution in [1.29, 1.82) is 0 Å². The largest absolute Gasteiger partial charge is 0.310 e. The zero-order valence-electron chi connectivity index (χ0n) is 13.2. The normalized spacial score (nSPS) is 18.1. The Hall–Kier alpha value is -0.470. The Balaban J connectivity index is 2.00. The zero-order chi connectivity index (χ0) is 14.4. The highest BCUT2D eigenvalue weighted by atomic mass is 32.2. The zero-order valence-corrected chi connectivity index (χ0v) is 14.1. The second-order valence-corrected chi connectivity index (χ2v) is 7.33. The second-order valence-electron chi connectivity index (χ2n) is 5.99. The number of benzene rings is 1. The maximum absolute atomic E-state index is 3.69. The van der Waals surface area contributed by atoms with Gasteiger partial charge in [0, 0.05) is 17.0 Å². The van der Waals surface area contributed by atoms with Gasteiger partial charge in [-0.15, -0.1) is 0 Å². The Labute approximate surface area is 128 Å². The molecule has 2 rings (SSSR count). The third-order valence-electron chi connectivity index (χ3n) is 4.52. The summed E-state index contributed by atoms with van der Waals surface area (Å²) in [7, 11) is 0. The van der Waals surface area contributed by atoms with Gasteiger partial charge in [0.1, 0.15) is 0 Å². The van der Waals surface area contributed by atoms with E-state index in [4.69, 9.17) is 0 Å². The first-order chi connectivity index (χ1) is 9.72. The summed E-state index contributed by atoms with van der Waals surface area (Å²) >= 11 is 2.19. The predicted molar refractivity (Wildman–Crippen MR) is 91.7 cm³/mol. The van der Waals surface area contributed by atoms with Crippen molar-refractivity contribution in [3.63, 3.8) is 0 Å². The third kappa shape index (κ3) is 4.26. The maximum Gasteiger partial charge on any atom is 0.0414 e. The van der Waals surface area contributed by atoms with E-state index in [1.807, 2.05) is 0 Å². The summed E-state index contributed by atoms with van der Waals surface area (Å²) in [4.78, 5) is 0. The average Bonchev–Trinajstić information content (AvgIpc) is 2.48. The maximum atomic E-state index is 3.69. The van der Waals surface area contributed by atoms with Gasteiger partial charge in [0.25, 0.3) is 0 Å². The van der Waals surface area contributed by atoms with Gasteiger partial charge in [-0.05, 0) is 49.9 Å². The van der Waals surface area contributed by atoms with Crippen molar-refractivity contribution in [2.75, 3.05) is 12.3 Å². The summed E-state index contributed by atoms with van der Waals surface area (Å²) in [6.45, 7) is 7.74. The van der Waals surface area contributed by atoms with Crippen LogP contribution in [0.25, 0.3) is 0 Å². The van der Waals surface area contributed by atoms with E-state index in [1.54, 1.807) is 0 Å². The highest BCUT2D eigenvalue weighted by Crippen LogP contribution is 2.32. The Morgan fingerprint density at radius 2 is 1.95 bits per heavy atom. The van der Waals surface area contributed by atoms with Crippen LogP contribution in [0.1, 0.15) is 61.8 Å². The van der Waals surface area contributed by atoms with Gasteiger partial charge in [0.05, 0.1) is 0 Å². The van der Waals surface area contributed by atoms with E-state index in [9.17, 15) is 0 Å².